The van der Waals surface area contributed by atoms with E-state index in [0.29, 0.717) is 12.0 Å². The average Bonchev–Trinajstić information content (AvgIpc) is 3.16. The van der Waals surface area contributed by atoms with Crippen LogP contribution in [-0.4, -0.2) is 89.3 Å². The molecule has 2 rings (SSSR count). The number of morpholine rings is 1. The van der Waals surface area contributed by atoms with Crippen molar-refractivity contribution in [3.8, 4) is 0 Å². The maximum absolute atomic E-state index is 5.80. The zero-order chi connectivity index (χ0) is 18.6. The summed E-state index contributed by atoms with van der Waals surface area (Å²) in [6, 6.07) is 0.517. The second kappa shape index (κ2) is 12.5. The maximum atomic E-state index is 5.80. The second-order valence-corrected chi connectivity index (χ2v) is 7.52. The smallest absolute Gasteiger partial charge is 0.191 e. The molecule has 2 aliphatic rings. The molecule has 0 spiro atoms. The number of hydrogen-bond donors (Lipinski definition) is 2. The summed E-state index contributed by atoms with van der Waals surface area (Å²) in [5.41, 5.74) is 0. The fraction of sp³-hybridized carbons (Fsp3) is 0.947. The van der Waals surface area contributed by atoms with Crippen molar-refractivity contribution in [3.05, 3.63) is 0 Å². The summed E-state index contributed by atoms with van der Waals surface area (Å²) in [5.74, 6) is 1.55. The van der Waals surface area contributed by atoms with Gasteiger partial charge in [-0.3, -0.25) is 9.89 Å². The predicted molar refractivity (Wildman–Crippen MR) is 105 cm³/mol. The van der Waals surface area contributed by atoms with Crippen LogP contribution in [0.4, 0.5) is 0 Å². The highest BCUT2D eigenvalue weighted by Gasteiger charge is 2.22. The van der Waals surface area contributed by atoms with Gasteiger partial charge in [0.2, 0.25) is 0 Å². The summed E-state index contributed by atoms with van der Waals surface area (Å²) in [4.78, 5) is 6.89. The van der Waals surface area contributed by atoms with E-state index in [0.717, 1.165) is 78.0 Å². The summed E-state index contributed by atoms with van der Waals surface area (Å²) in [6.07, 6.45) is 3.46. The first-order valence-corrected chi connectivity index (χ1v) is 10.1. The van der Waals surface area contributed by atoms with E-state index in [1.165, 1.54) is 6.42 Å². The van der Waals surface area contributed by atoms with E-state index in [4.69, 9.17) is 14.2 Å². The Hall–Kier alpha value is -0.890. The predicted octanol–water partition coefficient (Wildman–Crippen LogP) is 1.09. The Bertz CT molecular complexity index is 394. The van der Waals surface area contributed by atoms with Crippen molar-refractivity contribution in [1.29, 1.82) is 0 Å². The summed E-state index contributed by atoms with van der Waals surface area (Å²) in [6.45, 7) is 12.4. The van der Waals surface area contributed by atoms with E-state index in [-0.39, 0.29) is 6.10 Å². The number of hydrogen-bond acceptors (Lipinski definition) is 5. The molecule has 26 heavy (non-hydrogen) atoms. The standard InChI is InChI=1S/C19H38N4O3/c1-16(2)13-17(23-7-11-24-12-8-23)14-22-19(20-3)21-6-4-9-26-18-5-10-25-15-18/h16-18H,4-15H2,1-3H3,(H2,20,21,22). The average molecular weight is 371 g/mol. The first-order chi connectivity index (χ1) is 12.7. The van der Waals surface area contributed by atoms with E-state index in [9.17, 15) is 0 Å². The number of nitrogens with one attached hydrogen (secondary N) is 2. The van der Waals surface area contributed by atoms with Crippen LogP contribution in [0.2, 0.25) is 0 Å². The lowest BCUT2D eigenvalue weighted by molar-refractivity contribution is 0.0132. The molecule has 0 bridgehead atoms. The van der Waals surface area contributed by atoms with Crippen molar-refractivity contribution in [3.63, 3.8) is 0 Å². The van der Waals surface area contributed by atoms with Gasteiger partial charge in [-0.05, 0) is 25.2 Å². The summed E-state index contributed by atoms with van der Waals surface area (Å²) >= 11 is 0. The Labute approximate surface area is 158 Å². The van der Waals surface area contributed by atoms with Gasteiger partial charge < -0.3 is 24.8 Å². The molecular weight excluding hydrogens is 332 g/mol. The van der Waals surface area contributed by atoms with Crippen LogP contribution in [0.3, 0.4) is 0 Å². The van der Waals surface area contributed by atoms with Crippen molar-refractivity contribution in [2.45, 2.75) is 45.3 Å². The highest BCUT2D eigenvalue weighted by molar-refractivity contribution is 5.79. The highest BCUT2D eigenvalue weighted by Crippen LogP contribution is 2.13. The van der Waals surface area contributed by atoms with Gasteiger partial charge in [0.25, 0.3) is 0 Å². The first kappa shape index (κ1) is 21.4. The molecule has 7 heteroatoms. The van der Waals surface area contributed by atoms with Crippen LogP contribution >= 0.6 is 0 Å². The third-order valence-electron chi connectivity index (χ3n) is 4.89. The minimum absolute atomic E-state index is 0.290. The van der Waals surface area contributed by atoms with Crippen LogP contribution < -0.4 is 10.6 Å². The molecule has 0 aliphatic carbocycles. The molecule has 2 aliphatic heterocycles. The molecule has 0 aromatic rings. The Balaban J connectivity index is 1.64. The molecule has 2 unspecified atom stereocenters. The van der Waals surface area contributed by atoms with Crippen molar-refractivity contribution < 1.29 is 14.2 Å². The third-order valence-corrected chi connectivity index (χ3v) is 4.89. The number of aliphatic imine (C=N–C) groups is 1. The largest absolute Gasteiger partial charge is 0.379 e. The first-order valence-electron chi connectivity index (χ1n) is 10.1. The van der Waals surface area contributed by atoms with Crippen LogP contribution in [0.25, 0.3) is 0 Å². The van der Waals surface area contributed by atoms with Crippen LogP contribution in [0.1, 0.15) is 33.1 Å². The normalized spacial score (nSPS) is 23.4. The van der Waals surface area contributed by atoms with Gasteiger partial charge in [-0.1, -0.05) is 13.8 Å². The number of rotatable bonds is 10. The Morgan fingerprint density at radius 1 is 1.19 bits per heavy atom. The topological polar surface area (TPSA) is 67.4 Å². The van der Waals surface area contributed by atoms with Gasteiger partial charge in [0.1, 0.15) is 0 Å². The van der Waals surface area contributed by atoms with Crippen molar-refractivity contribution in [1.82, 2.24) is 15.5 Å². The molecule has 7 nitrogen and oxygen atoms in total. The monoisotopic (exact) mass is 370 g/mol. The molecule has 2 saturated heterocycles. The van der Waals surface area contributed by atoms with E-state index in [2.05, 4.69) is 34.4 Å². The zero-order valence-electron chi connectivity index (χ0n) is 16.8. The summed E-state index contributed by atoms with van der Waals surface area (Å²) in [5, 5.41) is 6.89. The fourth-order valence-corrected chi connectivity index (χ4v) is 3.46. The molecule has 0 radical (unpaired) electrons. The van der Waals surface area contributed by atoms with E-state index < -0.39 is 0 Å². The molecule has 0 amide bonds. The Morgan fingerprint density at radius 3 is 2.65 bits per heavy atom. The Kier molecular flexibility index (Phi) is 10.3. The minimum Gasteiger partial charge on any atom is -0.379 e. The van der Waals surface area contributed by atoms with Crippen molar-refractivity contribution in [2.75, 3.05) is 66.3 Å². The molecule has 152 valence electrons. The summed E-state index contributed by atoms with van der Waals surface area (Å²) < 4.78 is 16.6. The van der Waals surface area contributed by atoms with Crippen LogP contribution in [0, 0.1) is 5.92 Å². The van der Waals surface area contributed by atoms with Crippen LogP contribution in [-0.2, 0) is 14.2 Å². The van der Waals surface area contributed by atoms with E-state index >= 15 is 0 Å². The Morgan fingerprint density at radius 2 is 2.00 bits per heavy atom. The number of ether oxygens (including phenoxy) is 3. The van der Waals surface area contributed by atoms with Gasteiger partial charge in [0.05, 0.1) is 25.9 Å². The zero-order valence-corrected chi connectivity index (χ0v) is 16.8. The quantitative estimate of drug-likeness (QED) is 0.341. The lowest BCUT2D eigenvalue weighted by Crippen LogP contribution is -2.51. The lowest BCUT2D eigenvalue weighted by Gasteiger charge is -2.35. The van der Waals surface area contributed by atoms with Gasteiger partial charge in [-0.2, -0.15) is 0 Å². The SMILES string of the molecule is CN=C(NCCCOC1CCOC1)NCC(CC(C)C)N1CCOCC1. The molecule has 0 aromatic heterocycles. The number of guanidine groups is 1. The van der Waals surface area contributed by atoms with Crippen molar-refractivity contribution in [2.24, 2.45) is 10.9 Å². The molecular formula is C19H38N4O3. The highest BCUT2D eigenvalue weighted by atomic mass is 16.5. The van der Waals surface area contributed by atoms with E-state index in [1.807, 2.05) is 7.05 Å². The van der Waals surface area contributed by atoms with Gasteiger partial charge in [-0.25, -0.2) is 0 Å². The van der Waals surface area contributed by atoms with Gasteiger partial charge in [-0.15, -0.1) is 0 Å². The van der Waals surface area contributed by atoms with Crippen LogP contribution in [0.5, 0.6) is 0 Å². The molecule has 2 fully saturated rings. The van der Waals surface area contributed by atoms with Gasteiger partial charge in [0, 0.05) is 52.5 Å². The molecule has 2 N–H and O–H groups in total. The minimum atomic E-state index is 0.290. The maximum Gasteiger partial charge on any atom is 0.191 e. The molecule has 0 aromatic carbocycles. The third kappa shape index (κ3) is 8.20. The fourth-order valence-electron chi connectivity index (χ4n) is 3.46. The van der Waals surface area contributed by atoms with E-state index in [1.54, 1.807) is 0 Å². The lowest BCUT2D eigenvalue weighted by atomic mass is 10.0. The second-order valence-electron chi connectivity index (χ2n) is 7.52. The van der Waals surface area contributed by atoms with Gasteiger partial charge in [0.15, 0.2) is 5.96 Å². The number of nitrogens with zero attached hydrogens (tertiary/aromatic N) is 2. The van der Waals surface area contributed by atoms with Crippen LogP contribution in [0.15, 0.2) is 4.99 Å². The molecule has 0 saturated carbocycles. The van der Waals surface area contributed by atoms with Gasteiger partial charge >= 0.3 is 0 Å². The molecule has 2 atom stereocenters. The summed E-state index contributed by atoms with van der Waals surface area (Å²) in [7, 11) is 1.83. The molecule has 2 heterocycles. The van der Waals surface area contributed by atoms with Crippen molar-refractivity contribution >= 4 is 5.96 Å².